The molecule has 3 rings (SSSR count). The van der Waals surface area contributed by atoms with Gasteiger partial charge in [-0.25, -0.2) is 4.68 Å². The number of alkyl halides is 3. The predicted molar refractivity (Wildman–Crippen MR) is 92.2 cm³/mol. The van der Waals surface area contributed by atoms with Crippen molar-refractivity contribution in [2.24, 2.45) is 0 Å². The molecule has 1 saturated heterocycles. The van der Waals surface area contributed by atoms with E-state index in [0.29, 0.717) is 19.6 Å². The molecule has 1 atom stereocenters. The van der Waals surface area contributed by atoms with Crippen LogP contribution in [0, 0.1) is 0 Å². The van der Waals surface area contributed by atoms with Gasteiger partial charge in [-0.15, -0.1) is 5.10 Å². The van der Waals surface area contributed by atoms with Crippen LogP contribution in [0.3, 0.4) is 0 Å². The number of carbonyl (C=O) groups is 1. The van der Waals surface area contributed by atoms with Gasteiger partial charge in [0, 0.05) is 32.7 Å². The van der Waals surface area contributed by atoms with Crippen LogP contribution in [0.25, 0.3) is 0 Å². The van der Waals surface area contributed by atoms with Crippen LogP contribution in [0.15, 0.2) is 36.5 Å². The predicted octanol–water partition coefficient (Wildman–Crippen LogP) is 0.892. The van der Waals surface area contributed by atoms with Crippen LogP contribution in [0.1, 0.15) is 16.1 Å². The quantitative estimate of drug-likeness (QED) is 0.776. The van der Waals surface area contributed by atoms with Gasteiger partial charge in [-0.3, -0.25) is 9.69 Å². The van der Waals surface area contributed by atoms with Gasteiger partial charge in [0.2, 0.25) is 0 Å². The molecule has 27 heavy (non-hydrogen) atoms. The molecule has 7 nitrogen and oxygen atoms in total. The monoisotopic (exact) mass is 382 g/mol. The van der Waals surface area contributed by atoms with E-state index >= 15 is 0 Å². The van der Waals surface area contributed by atoms with Crippen LogP contribution < -0.4 is 10.6 Å². The van der Waals surface area contributed by atoms with Crippen LogP contribution in [-0.2, 0) is 6.54 Å². The summed E-state index contributed by atoms with van der Waals surface area (Å²) >= 11 is 0. The van der Waals surface area contributed by atoms with Crippen molar-refractivity contribution in [3.63, 3.8) is 0 Å². The van der Waals surface area contributed by atoms with Crippen LogP contribution in [0.2, 0.25) is 0 Å². The van der Waals surface area contributed by atoms with Crippen LogP contribution in [0.5, 0.6) is 0 Å². The maximum absolute atomic E-state index is 13.4. The summed E-state index contributed by atoms with van der Waals surface area (Å²) in [6.07, 6.45) is -2.99. The average Bonchev–Trinajstić information content (AvgIpc) is 3.11. The normalized spacial score (nSPS) is 16.9. The molecule has 1 amide bonds. The minimum Gasteiger partial charge on any atom is -0.349 e. The number of piperazine rings is 1. The molecule has 146 valence electrons. The SMILES string of the molecule is O=C(NCC(N1CCNCC1)C(F)(F)F)c1cn(Cc2ccccc2)nn1. The molecule has 2 N–H and O–H groups in total. The third-order valence-corrected chi connectivity index (χ3v) is 4.38. The fraction of sp³-hybridized carbons (Fsp3) is 0.471. The Balaban J connectivity index is 1.59. The molecule has 1 aromatic heterocycles. The molecule has 0 spiro atoms. The number of halogens is 3. The highest BCUT2D eigenvalue weighted by Gasteiger charge is 2.43. The van der Waals surface area contributed by atoms with Crippen molar-refractivity contribution >= 4 is 5.91 Å². The molecule has 0 bridgehead atoms. The summed E-state index contributed by atoms with van der Waals surface area (Å²) in [7, 11) is 0. The van der Waals surface area contributed by atoms with E-state index < -0.39 is 24.7 Å². The Morgan fingerprint density at radius 1 is 1.22 bits per heavy atom. The van der Waals surface area contributed by atoms with Crippen LogP contribution >= 0.6 is 0 Å². The molecule has 1 aliphatic heterocycles. The third kappa shape index (κ3) is 5.27. The molecule has 10 heteroatoms. The minimum absolute atomic E-state index is 0.00725. The molecule has 0 aliphatic carbocycles. The number of rotatable bonds is 6. The molecular formula is C17H21F3N6O. The minimum atomic E-state index is -4.42. The van der Waals surface area contributed by atoms with Gasteiger partial charge in [0.15, 0.2) is 5.69 Å². The van der Waals surface area contributed by atoms with E-state index in [1.54, 1.807) is 0 Å². The van der Waals surface area contributed by atoms with E-state index in [0.717, 1.165) is 5.56 Å². The molecule has 1 fully saturated rings. The molecule has 1 unspecified atom stereocenters. The number of amides is 1. The third-order valence-electron chi connectivity index (χ3n) is 4.38. The zero-order valence-electron chi connectivity index (χ0n) is 14.6. The highest BCUT2D eigenvalue weighted by atomic mass is 19.4. The molecule has 0 saturated carbocycles. The Kier molecular flexibility index (Phi) is 6.07. The Hall–Kier alpha value is -2.46. The van der Waals surface area contributed by atoms with Gasteiger partial charge in [0.1, 0.15) is 6.04 Å². The second kappa shape index (κ2) is 8.49. The van der Waals surface area contributed by atoms with Crippen molar-refractivity contribution < 1.29 is 18.0 Å². The standard InChI is InChI=1S/C17H21F3N6O/c18-17(19,20)15(25-8-6-21-7-9-25)10-22-16(27)14-12-26(24-23-14)11-13-4-2-1-3-5-13/h1-5,12,15,21H,6-11H2,(H,22,27). The van der Waals surface area contributed by atoms with Gasteiger partial charge in [-0.05, 0) is 5.56 Å². The van der Waals surface area contributed by atoms with Crippen molar-refractivity contribution in [1.82, 2.24) is 30.5 Å². The van der Waals surface area contributed by atoms with Crippen molar-refractivity contribution in [3.05, 3.63) is 47.8 Å². The first-order valence-corrected chi connectivity index (χ1v) is 8.67. The van der Waals surface area contributed by atoms with Gasteiger partial charge in [-0.1, -0.05) is 35.5 Å². The summed E-state index contributed by atoms with van der Waals surface area (Å²) in [5, 5.41) is 13.0. The lowest BCUT2D eigenvalue weighted by Crippen LogP contribution is -2.57. The second-order valence-corrected chi connectivity index (χ2v) is 6.34. The van der Waals surface area contributed by atoms with E-state index in [-0.39, 0.29) is 18.8 Å². The summed E-state index contributed by atoms with van der Waals surface area (Å²) in [6, 6.07) is 7.74. The van der Waals surface area contributed by atoms with E-state index in [2.05, 4.69) is 20.9 Å². The summed E-state index contributed by atoms with van der Waals surface area (Å²) in [4.78, 5) is 13.5. The molecular weight excluding hydrogens is 361 g/mol. The molecule has 1 aromatic carbocycles. The number of nitrogens with zero attached hydrogens (tertiary/aromatic N) is 4. The first-order chi connectivity index (χ1) is 12.9. The first kappa shape index (κ1) is 19.3. The zero-order chi connectivity index (χ0) is 19.3. The maximum Gasteiger partial charge on any atom is 0.405 e. The summed E-state index contributed by atoms with van der Waals surface area (Å²) in [6.45, 7) is 1.46. The maximum atomic E-state index is 13.4. The Labute approximate surface area is 154 Å². The first-order valence-electron chi connectivity index (χ1n) is 8.67. The van der Waals surface area contributed by atoms with E-state index in [9.17, 15) is 18.0 Å². The van der Waals surface area contributed by atoms with Crippen molar-refractivity contribution in [2.75, 3.05) is 32.7 Å². The van der Waals surface area contributed by atoms with Crippen molar-refractivity contribution in [1.29, 1.82) is 0 Å². The Morgan fingerprint density at radius 3 is 2.59 bits per heavy atom. The fourth-order valence-corrected chi connectivity index (χ4v) is 2.98. The lowest BCUT2D eigenvalue weighted by atomic mass is 10.2. The van der Waals surface area contributed by atoms with Gasteiger partial charge in [0.05, 0.1) is 12.7 Å². The smallest absolute Gasteiger partial charge is 0.349 e. The fourth-order valence-electron chi connectivity index (χ4n) is 2.98. The molecule has 2 heterocycles. The molecule has 1 aliphatic rings. The number of carbonyl (C=O) groups excluding carboxylic acids is 1. The van der Waals surface area contributed by atoms with Gasteiger partial charge < -0.3 is 10.6 Å². The van der Waals surface area contributed by atoms with Gasteiger partial charge in [0.25, 0.3) is 5.91 Å². The average molecular weight is 382 g/mol. The lowest BCUT2D eigenvalue weighted by molar-refractivity contribution is -0.183. The van der Waals surface area contributed by atoms with Crippen molar-refractivity contribution in [2.45, 2.75) is 18.8 Å². The number of aromatic nitrogens is 3. The second-order valence-electron chi connectivity index (χ2n) is 6.34. The molecule has 2 aromatic rings. The summed E-state index contributed by atoms with van der Waals surface area (Å²) in [5.41, 5.74) is 0.970. The largest absolute Gasteiger partial charge is 0.405 e. The van der Waals surface area contributed by atoms with Crippen LogP contribution in [-0.4, -0.2) is 70.7 Å². The highest BCUT2D eigenvalue weighted by Crippen LogP contribution is 2.24. The number of hydrogen-bond acceptors (Lipinski definition) is 5. The molecule has 0 radical (unpaired) electrons. The van der Waals surface area contributed by atoms with Gasteiger partial charge in [-0.2, -0.15) is 13.2 Å². The Morgan fingerprint density at radius 2 is 1.93 bits per heavy atom. The number of hydrogen-bond donors (Lipinski definition) is 2. The number of nitrogens with one attached hydrogen (secondary N) is 2. The lowest BCUT2D eigenvalue weighted by Gasteiger charge is -2.35. The van der Waals surface area contributed by atoms with E-state index in [1.165, 1.54) is 15.8 Å². The van der Waals surface area contributed by atoms with Crippen LogP contribution in [0.4, 0.5) is 13.2 Å². The highest BCUT2D eigenvalue weighted by molar-refractivity contribution is 5.91. The van der Waals surface area contributed by atoms with Crippen molar-refractivity contribution in [3.8, 4) is 0 Å². The topological polar surface area (TPSA) is 75.1 Å². The summed E-state index contributed by atoms with van der Waals surface area (Å²) in [5.74, 6) is -0.668. The zero-order valence-corrected chi connectivity index (χ0v) is 14.6. The van der Waals surface area contributed by atoms with E-state index in [4.69, 9.17) is 0 Å². The summed E-state index contributed by atoms with van der Waals surface area (Å²) < 4.78 is 41.5. The van der Waals surface area contributed by atoms with Gasteiger partial charge >= 0.3 is 6.18 Å². The number of benzene rings is 1. The van der Waals surface area contributed by atoms with E-state index in [1.807, 2.05) is 30.3 Å². The Bertz CT molecular complexity index is 743.